The molecule has 0 saturated heterocycles. The summed E-state index contributed by atoms with van der Waals surface area (Å²) in [6.45, 7) is 4.79. The second-order valence-corrected chi connectivity index (χ2v) is 6.22. The first-order valence-corrected chi connectivity index (χ1v) is 8.22. The van der Waals surface area contributed by atoms with Gasteiger partial charge in [0.15, 0.2) is 5.76 Å². The molecular weight excluding hydrogens is 321 g/mol. The molecule has 25 heavy (non-hydrogen) atoms. The van der Waals surface area contributed by atoms with Gasteiger partial charge in [-0.3, -0.25) is 4.79 Å². The van der Waals surface area contributed by atoms with Crippen molar-refractivity contribution in [1.29, 1.82) is 0 Å². The second-order valence-electron chi connectivity index (χ2n) is 6.22. The topological polar surface area (TPSA) is 60.1 Å². The van der Waals surface area contributed by atoms with Crippen molar-refractivity contribution in [1.82, 2.24) is 15.1 Å². The fraction of sp³-hybridized carbons (Fsp3) is 0.263. The van der Waals surface area contributed by atoms with Gasteiger partial charge in [-0.1, -0.05) is 13.8 Å². The van der Waals surface area contributed by atoms with Crippen molar-refractivity contribution >= 4 is 5.91 Å². The lowest BCUT2D eigenvalue weighted by molar-refractivity contribution is 0.0944. The summed E-state index contributed by atoms with van der Waals surface area (Å²) in [5, 5.41) is 7.36. The zero-order chi connectivity index (χ0) is 17.8. The zero-order valence-electron chi connectivity index (χ0n) is 14.2. The molecule has 0 bridgehead atoms. The Morgan fingerprint density at radius 1 is 1.28 bits per heavy atom. The van der Waals surface area contributed by atoms with Crippen LogP contribution in [0.3, 0.4) is 0 Å². The highest BCUT2D eigenvalue weighted by Crippen LogP contribution is 2.22. The number of rotatable bonds is 6. The first-order chi connectivity index (χ1) is 12.0. The number of carbonyl (C=O) groups excluding carboxylic acids is 1. The van der Waals surface area contributed by atoms with E-state index in [1.165, 1.54) is 16.8 Å². The van der Waals surface area contributed by atoms with Gasteiger partial charge in [0, 0.05) is 12.6 Å². The normalized spacial score (nSPS) is 11.0. The third kappa shape index (κ3) is 3.96. The van der Waals surface area contributed by atoms with Gasteiger partial charge < -0.3 is 9.73 Å². The smallest absolute Gasteiger partial charge is 0.270 e. The third-order valence-corrected chi connectivity index (χ3v) is 3.79. The van der Waals surface area contributed by atoms with Crippen molar-refractivity contribution in [2.45, 2.75) is 20.3 Å². The number of hydrogen-bond acceptors (Lipinski definition) is 3. The summed E-state index contributed by atoms with van der Waals surface area (Å²) in [7, 11) is 0. The van der Waals surface area contributed by atoms with Gasteiger partial charge in [-0.25, -0.2) is 9.07 Å². The molecule has 3 rings (SSSR count). The summed E-state index contributed by atoms with van der Waals surface area (Å²) >= 11 is 0. The van der Waals surface area contributed by atoms with Gasteiger partial charge in [0.25, 0.3) is 5.91 Å². The number of hydrogen-bond donors (Lipinski definition) is 1. The molecule has 0 unspecified atom stereocenters. The SMILES string of the molecule is CC(C)CCNC(=O)c1cc(-c2ccco2)nn1-c1ccc(F)cc1. The molecule has 6 heteroatoms. The number of nitrogens with one attached hydrogen (secondary N) is 1. The van der Waals surface area contributed by atoms with Crippen molar-refractivity contribution in [2.75, 3.05) is 6.54 Å². The van der Waals surface area contributed by atoms with Gasteiger partial charge >= 0.3 is 0 Å². The molecule has 0 spiro atoms. The van der Waals surface area contributed by atoms with Crippen molar-refractivity contribution in [3.05, 3.63) is 60.2 Å². The van der Waals surface area contributed by atoms with Crippen LogP contribution in [0.5, 0.6) is 0 Å². The molecule has 1 aromatic carbocycles. The number of aromatic nitrogens is 2. The van der Waals surface area contributed by atoms with E-state index in [1.54, 1.807) is 36.6 Å². The average Bonchev–Trinajstić information content (AvgIpc) is 3.24. The summed E-state index contributed by atoms with van der Waals surface area (Å²) in [4.78, 5) is 12.6. The average molecular weight is 341 g/mol. The lowest BCUT2D eigenvalue weighted by Crippen LogP contribution is -2.27. The van der Waals surface area contributed by atoms with Crippen LogP contribution in [0.1, 0.15) is 30.8 Å². The van der Waals surface area contributed by atoms with Crippen LogP contribution in [-0.2, 0) is 0 Å². The molecule has 1 N–H and O–H groups in total. The molecule has 0 aliphatic carbocycles. The highest BCUT2D eigenvalue weighted by Gasteiger charge is 2.18. The second kappa shape index (κ2) is 7.34. The molecule has 2 aromatic heterocycles. The Labute approximate surface area is 145 Å². The Bertz CT molecular complexity index is 836. The molecule has 0 saturated carbocycles. The molecule has 130 valence electrons. The van der Waals surface area contributed by atoms with Gasteiger partial charge in [-0.2, -0.15) is 5.10 Å². The van der Waals surface area contributed by atoms with Gasteiger partial charge in [-0.05, 0) is 48.7 Å². The minimum atomic E-state index is -0.343. The standard InChI is InChI=1S/C19H20FN3O2/c1-13(2)9-10-21-19(24)17-12-16(18-4-3-11-25-18)22-23(17)15-7-5-14(20)6-8-15/h3-8,11-13H,9-10H2,1-2H3,(H,21,24). The van der Waals surface area contributed by atoms with Gasteiger partial charge in [-0.15, -0.1) is 0 Å². The zero-order valence-corrected chi connectivity index (χ0v) is 14.2. The van der Waals surface area contributed by atoms with E-state index in [2.05, 4.69) is 24.3 Å². The van der Waals surface area contributed by atoms with Gasteiger partial charge in [0.05, 0.1) is 12.0 Å². The third-order valence-electron chi connectivity index (χ3n) is 3.79. The molecule has 0 atom stereocenters. The Kier molecular flexibility index (Phi) is 4.97. The van der Waals surface area contributed by atoms with Crippen LogP contribution >= 0.6 is 0 Å². The molecular formula is C19H20FN3O2. The Morgan fingerprint density at radius 3 is 2.68 bits per heavy atom. The first kappa shape index (κ1) is 17.0. The van der Waals surface area contributed by atoms with E-state index in [1.807, 2.05) is 0 Å². The monoisotopic (exact) mass is 341 g/mol. The van der Waals surface area contributed by atoms with Crippen LogP contribution < -0.4 is 5.32 Å². The van der Waals surface area contributed by atoms with Gasteiger partial charge in [0.2, 0.25) is 0 Å². The number of amides is 1. The molecule has 0 radical (unpaired) electrons. The van der Waals surface area contributed by atoms with Crippen LogP contribution in [0.25, 0.3) is 17.1 Å². The quantitative estimate of drug-likeness (QED) is 0.736. The maximum atomic E-state index is 13.2. The van der Waals surface area contributed by atoms with Gasteiger partial charge in [0.1, 0.15) is 17.2 Å². The van der Waals surface area contributed by atoms with Crippen molar-refractivity contribution in [2.24, 2.45) is 5.92 Å². The molecule has 3 aromatic rings. The summed E-state index contributed by atoms with van der Waals surface area (Å²) in [5.74, 6) is 0.499. The molecule has 0 aliphatic heterocycles. The van der Waals surface area contributed by atoms with Crippen LogP contribution in [0.15, 0.2) is 53.1 Å². The minimum Gasteiger partial charge on any atom is -0.463 e. The molecule has 0 aliphatic rings. The minimum absolute atomic E-state index is 0.227. The van der Waals surface area contributed by atoms with Crippen LogP contribution in [0.4, 0.5) is 4.39 Å². The predicted octanol–water partition coefficient (Wildman–Crippen LogP) is 4.05. The van der Waals surface area contributed by atoms with E-state index in [0.717, 1.165) is 6.42 Å². The van der Waals surface area contributed by atoms with Crippen LogP contribution in [-0.4, -0.2) is 22.2 Å². The van der Waals surface area contributed by atoms with Crippen LogP contribution in [0, 0.1) is 11.7 Å². The first-order valence-electron chi connectivity index (χ1n) is 8.22. The highest BCUT2D eigenvalue weighted by atomic mass is 19.1. The number of benzene rings is 1. The van der Waals surface area contributed by atoms with Crippen molar-refractivity contribution in [3.8, 4) is 17.1 Å². The fourth-order valence-electron chi connectivity index (χ4n) is 2.43. The maximum Gasteiger partial charge on any atom is 0.270 e. The number of carbonyl (C=O) groups is 1. The number of furan rings is 1. The summed E-state index contributed by atoms with van der Waals surface area (Å²) < 4.78 is 20.1. The van der Waals surface area contributed by atoms with E-state index in [4.69, 9.17) is 4.42 Å². The van der Waals surface area contributed by atoms with Crippen molar-refractivity contribution < 1.29 is 13.6 Å². The lowest BCUT2D eigenvalue weighted by Gasteiger charge is -2.09. The molecule has 0 fully saturated rings. The van der Waals surface area contributed by atoms with E-state index in [0.29, 0.717) is 35.3 Å². The molecule has 2 heterocycles. The number of nitrogens with zero attached hydrogens (tertiary/aromatic N) is 2. The Morgan fingerprint density at radius 2 is 2.04 bits per heavy atom. The van der Waals surface area contributed by atoms with Crippen molar-refractivity contribution in [3.63, 3.8) is 0 Å². The Hall–Kier alpha value is -2.89. The maximum absolute atomic E-state index is 13.2. The summed E-state index contributed by atoms with van der Waals surface area (Å²) in [5.41, 5.74) is 1.53. The largest absolute Gasteiger partial charge is 0.463 e. The highest BCUT2D eigenvalue weighted by molar-refractivity contribution is 5.94. The summed E-state index contributed by atoms with van der Waals surface area (Å²) in [6, 6.07) is 11.0. The van der Waals surface area contributed by atoms with Crippen LogP contribution in [0.2, 0.25) is 0 Å². The molecule has 5 nitrogen and oxygen atoms in total. The van der Waals surface area contributed by atoms with E-state index in [9.17, 15) is 9.18 Å². The fourth-order valence-corrected chi connectivity index (χ4v) is 2.43. The lowest BCUT2D eigenvalue weighted by atomic mass is 10.1. The predicted molar refractivity (Wildman–Crippen MR) is 93.0 cm³/mol. The van der Waals surface area contributed by atoms with E-state index < -0.39 is 0 Å². The number of halogens is 1. The molecule has 1 amide bonds. The van der Waals surface area contributed by atoms with E-state index in [-0.39, 0.29) is 11.7 Å². The van der Waals surface area contributed by atoms with E-state index >= 15 is 0 Å². The Balaban J connectivity index is 1.94. The summed E-state index contributed by atoms with van der Waals surface area (Å²) in [6.07, 6.45) is 2.44.